The molecule has 0 bridgehead atoms. The first kappa shape index (κ1) is 20.4. The van der Waals surface area contributed by atoms with E-state index >= 15 is 0 Å². The van der Waals surface area contributed by atoms with Gasteiger partial charge in [-0.2, -0.15) is 0 Å². The van der Waals surface area contributed by atoms with Crippen LogP contribution >= 0.6 is 0 Å². The third-order valence-electron chi connectivity index (χ3n) is 5.96. The Morgan fingerprint density at radius 3 is 2.57 bits per heavy atom. The number of nitrogens with zero attached hydrogens (tertiary/aromatic N) is 1. The van der Waals surface area contributed by atoms with Gasteiger partial charge in [-0.05, 0) is 62.3 Å². The fourth-order valence-electron chi connectivity index (χ4n) is 4.60. The summed E-state index contributed by atoms with van der Waals surface area (Å²) in [5.41, 5.74) is 6.91. The van der Waals surface area contributed by atoms with E-state index in [4.69, 9.17) is 9.57 Å². The first-order valence-corrected chi connectivity index (χ1v) is 10.3. The highest BCUT2D eigenvalue weighted by atomic mass is 16.6. The van der Waals surface area contributed by atoms with Crippen LogP contribution in [0.15, 0.2) is 16.5 Å². The molecule has 0 aromatic heterocycles. The Morgan fingerprint density at radius 2 is 1.93 bits per heavy atom. The predicted octanol–water partition coefficient (Wildman–Crippen LogP) is 5.00. The number of benzene rings is 1. The molecule has 2 aliphatic rings. The van der Waals surface area contributed by atoms with Gasteiger partial charge in [0.05, 0.1) is 17.9 Å². The highest BCUT2D eigenvalue weighted by Crippen LogP contribution is 2.44. The van der Waals surface area contributed by atoms with Gasteiger partial charge in [-0.15, -0.1) is 0 Å². The molecule has 28 heavy (non-hydrogen) atoms. The largest absolute Gasteiger partial charge is 0.511 e. The molecule has 1 N–H and O–H groups in total. The molecule has 1 aliphatic carbocycles. The number of ether oxygens (including phenoxy) is 1. The number of hydrogen-bond donors (Lipinski definition) is 1. The highest BCUT2D eigenvalue weighted by Gasteiger charge is 2.34. The second-order valence-electron chi connectivity index (χ2n) is 7.75. The molecule has 0 amide bonds. The number of ketones is 1. The molecular weight excluding hydrogens is 354 g/mol. The number of carbonyl (C=O) groups excluding carboxylic acids is 1. The standard InChI is InChI=1S/C23H31NO4/c1-6-8-18(24-28-7-2)22-19(25)11-16(12-20(22)26)21-13(3)14(4)23-17(15(21)5)9-10-27-23/h16,25H,6-12H2,1-5H3/b24-18+. The average Bonchev–Trinajstić information content (AvgIpc) is 3.14. The number of hydrogen-bond acceptors (Lipinski definition) is 5. The smallest absolute Gasteiger partial charge is 0.168 e. The minimum Gasteiger partial charge on any atom is -0.511 e. The Kier molecular flexibility index (Phi) is 6.11. The van der Waals surface area contributed by atoms with E-state index < -0.39 is 0 Å². The lowest BCUT2D eigenvalue weighted by molar-refractivity contribution is -0.116. The van der Waals surface area contributed by atoms with E-state index in [-0.39, 0.29) is 17.5 Å². The van der Waals surface area contributed by atoms with Crippen molar-refractivity contribution in [2.75, 3.05) is 13.2 Å². The van der Waals surface area contributed by atoms with Gasteiger partial charge in [-0.1, -0.05) is 18.5 Å². The van der Waals surface area contributed by atoms with E-state index in [0.29, 0.717) is 43.8 Å². The maximum Gasteiger partial charge on any atom is 0.168 e. The summed E-state index contributed by atoms with van der Waals surface area (Å²) >= 11 is 0. The minimum atomic E-state index is -0.0474. The van der Waals surface area contributed by atoms with Gasteiger partial charge in [-0.3, -0.25) is 4.79 Å². The maximum atomic E-state index is 13.0. The molecule has 0 spiro atoms. The van der Waals surface area contributed by atoms with Crippen molar-refractivity contribution in [1.82, 2.24) is 0 Å². The van der Waals surface area contributed by atoms with Crippen LogP contribution in [0.3, 0.4) is 0 Å². The summed E-state index contributed by atoms with van der Waals surface area (Å²) < 4.78 is 5.83. The van der Waals surface area contributed by atoms with Crippen molar-refractivity contribution in [2.24, 2.45) is 5.16 Å². The number of oxime groups is 1. The summed E-state index contributed by atoms with van der Waals surface area (Å²) in [7, 11) is 0. The van der Waals surface area contributed by atoms with Crippen molar-refractivity contribution in [1.29, 1.82) is 0 Å². The molecule has 0 radical (unpaired) electrons. The third kappa shape index (κ3) is 3.54. The Labute approximate surface area is 167 Å². The molecule has 0 fully saturated rings. The van der Waals surface area contributed by atoms with Crippen LogP contribution in [-0.4, -0.2) is 29.8 Å². The maximum absolute atomic E-state index is 13.0. The summed E-state index contributed by atoms with van der Waals surface area (Å²) in [5, 5.41) is 14.9. The van der Waals surface area contributed by atoms with Crippen molar-refractivity contribution in [3.63, 3.8) is 0 Å². The number of Topliss-reactive ketones (excluding diaryl/α,β-unsaturated/α-hetero) is 1. The van der Waals surface area contributed by atoms with E-state index in [2.05, 4.69) is 25.9 Å². The molecular formula is C23H31NO4. The summed E-state index contributed by atoms with van der Waals surface area (Å²) in [6, 6.07) is 0. The van der Waals surface area contributed by atoms with Gasteiger partial charge in [0, 0.05) is 24.8 Å². The zero-order valence-electron chi connectivity index (χ0n) is 17.6. The van der Waals surface area contributed by atoms with E-state index in [1.54, 1.807) is 0 Å². The lowest BCUT2D eigenvalue weighted by Gasteiger charge is -2.28. The molecule has 0 saturated carbocycles. The molecule has 3 rings (SSSR count). The van der Waals surface area contributed by atoms with Crippen molar-refractivity contribution >= 4 is 11.5 Å². The van der Waals surface area contributed by atoms with Crippen molar-refractivity contribution in [3.05, 3.63) is 39.1 Å². The lowest BCUT2D eigenvalue weighted by atomic mass is 9.76. The third-order valence-corrected chi connectivity index (χ3v) is 5.96. The second kappa shape index (κ2) is 8.38. The fraction of sp³-hybridized carbons (Fsp3) is 0.565. The summed E-state index contributed by atoms with van der Waals surface area (Å²) in [6.07, 6.45) is 3.20. The monoisotopic (exact) mass is 385 g/mol. The molecule has 5 nitrogen and oxygen atoms in total. The molecule has 5 heteroatoms. The molecule has 1 aromatic rings. The number of fused-ring (bicyclic) bond motifs is 1. The number of allylic oxidation sites excluding steroid dienone is 2. The average molecular weight is 386 g/mol. The summed E-state index contributed by atoms with van der Waals surface area (Å²) in [6.45, 7) is 11.3. The quantitative estimate of drug-likeness (QED) is 0.553. The number of aliphatic hydroxyl groups excluding tert-OH is 1. The van der Waals surface area contributed by atoms with Gasteiger partial charge < -0.3 is 14.7 Å². The van der Waals surface area contributed by atoms with Crippen molar-refractivity contribution < 1.29 is 19.5 Å². The van der Waals surface area contributed by atoms with Crippen LogP contribution in [0.5, 0.6) is 5.75 Å². The van der Waals surface area contributed by atoms with Crippen LogP contribution in [0, 0.1) is 20.8 Å². The number of aliphatic hydroxyl groups is 1. The van der Waals surface area contributed by atoms with Gasteiger partial charge in [0.1, 0.15) is 18.1 Å². The molecule has 152 valence electrons. The lowest BCUT2D eigenvalue weighted by Crippen LogP contribution is -2.25. The van der Waals surface area contributed by atoms with Crippen LogP contribution in [0.1, 0.15) is 73.3 Å². The number of rotatable bonds is 6. The first-order chi connectivity index (χ1) is 13.4. The second-order valence-corrected chi connectivity index (χ2v) is 7.75. The fourth-order valence-corrected chi connectivity index (χ4v) is 4.60. The van der Waals surface area contributed by atoms with Crippen LogP contribution in [0.25, 0.3) is 0 Å². The normalized spacial score (nSPS) is 19.7. The zero-order chi connectivity index (χ0) is 20.4. The van der Waals surface area contributed by atoms with Gasteiger partial charge in [0.15, 0.2) is 5.78 Å². The minimum absolute atomic E-state index is 0.0178. The Balaban J connectivity index is 2.00. The molecule has 1 unspecified atom stereocenters. The number of carbonyl (C=O) groups is 1. The van der Waals surface area contributed by atoms with Gasteiger partial charge in [0.2, 0.25) is 0 Å². The molecule has 1 heterocycles. The Morgan fingerprint density at radius 1 is 1.18 bits per heavy atom. The first-order valence-electron chi connectivity index (χ1n) is 10.3. The highest BCUT2D eigenvalue weighted by molar-refractivity contribution is 6.23. The predicted molar refractivity (Wildman–Crippen MR) is 110 cm³/mol. The molecule has 0 saturated heterocycles. The molecule has 1 aromatic carbocycles. The van der Waals surface area contributed by atoms with Crippen LogP contribution in [0.4, 0.5) is 0 Å². The van der Waals surface area contributed by atoms with E-state index in [9.17, 15) is 9.90 Å². The summed E-state index contributed by atoms with van der Waals surface area (Å²) in [4.78, 5) is 18.2. The summed E-state index contributed by atoms with van der Waals surface area (Å²) in [5.74, 6) is 1.08. The Bertz CT molecular complexity index is 851. The van der Waals surface area contributed by atoms with Crippen LogP contribution in [-0.2, 0) is 16.1 Å². The SMILES string of the molecule is CCC/C(=N\OCC)C1=C(O)CC(c2c(C)c(C)c3c(c2C)CCO3)CC1=O. The van der Waals surface area contributed by atoms with Gasteiger partial charge >= 0.3 is 0 Å². The van der Waals surface area contributed by atoms with Crippen LogP contribution < -0.4 is 4.74 Å². The van der Waals surface area contributed by atoms with E-state index in [0.717, 1.165) is 24.2 Å². The zero-order valence-corrected chi connectivity index (χ0v) is 17.6. The van der Waals surface area contributed by atoms with Crippen molar-refractivity contribution in [3.8, 4) is 5.75 Å². The van der Waals surface area contributed by atoms with Gasteiger partial charge in [0.25, 0.3) is 0 Å². The molecule has 1 atom stereocenters. The molecule has 1 aliphatic heterocycles. The van der Waals surface area contributed by atoms with Crippen molar-refractivity contribution in [2.45, 2.75) is 72.6 Å². The Hall–Kier alpha value is -2.30. The van der Waals surface area contributed by atoms with Gasteiger partial charge in [-0.25, -0.2) is 0 Å². The van der Waals surface area contributed by atoms with Crippen LogP contribution in [0.2, 0.25) is 0 Å². The van der Waals surface area contributed by atoms with E-state index in [1.807, 2.05) is 13.8 Å². The topological polar surface area (TPSA) is 68.1 Å². The van der Waals surface area contributed by atoms with E-state index in [1.165, 1.54) is 22.3 Å².